The standard InChI is InChI=1S/C12H14FN5O2/c1-2-20-8-12(19)14-7-11-15-16-17-18(11)10-5-3-9(13)4-6-10/h3-6H,2,7-8H2,1H3,(H,14,19). The third-order valence-corrected chi connectivity index (χ3v) is 2.49. The maximum atomic E-state index is 12.9. The number of amides is 1. The molecule has 0 aliphatic carbocycles. The van der Waals surface area contributed by atoms with Crippen LogP contribution in [0.3, 0.4) is 0 Å². The molecular formula is C12H14FN5O2. The minimum Gasteiger partial charge on any atom is -0.372 e. The molecule has 2 aromatic rings. The highest BCUT2D eigenvalue weighted by Crippen LogP contribution is 2.08. The summed E-state index contributed by atoms with van der Waals surface area (Å²) in [6, 6.07) is 5.73. The highest BCUT2D eigenvalue weighted by atomic mass is 19.1. The number of rotatable bonds is 6. The van der Waals surface area contributed by atoms with Gasteiger partial charge in [0.1, 0.15) is 12.4 Å². The SMILES string of the molecule is CCOCC(=O)NCc1nnnn1-c1ccc(F)cc1. The Kier molecular flexibility index (Phi) is 4.72. The molecule has 8 heteroatoms. The molecule has 0 radical (unpaired) electrons. The van der Waals surface area contributed by atoms with Gasteiger partial charge in [-0.25, -0.2) is 4.39 Å². The zero-order valence-corrected chi connectivity index (χ0v) is 10.9. The van der Waals surface area contributed by atoms with Crippen LogP contribution in [-0.4, -0.2) is 39.3 Å². The van der Waals surface area contributed by atoms with Gasteiger partial charge in [0.25, 0.3) is 0 Å². The summed E-state index contributed by atoms with van der Waals surface area (Å²) in [6.07, 6.45) is 0. The smallest absolute Gasteiger partial charge is 0.246 e. The summed E-state index contributed by atoms with van der Waals surface area (Å²) in [5, 5.41) is 13.8. The number of tetrazole rings is 1. The second-order valence-electron chi connectivity index (χ2n) is 3.90. The lowest BCUT2D eigenvalue weighted by Gasteiger charge is -2.06. The first-order valence-electron chi connectivity index (χ1n) is 6.08. The molecule has 0 unspecified atom stereocenters. The van der Waals surface area contributed by atoms with Crippen LogP contribution in [0.25, 0.3) is 5.69 Å². The van der Waals surface area contributed by atoms with Crippen molar-refractivity contribution in [2.75, 3.05) is 13.2 Å². The van der Waals surface area contributed by atoms with E-state index < -0.39 is 0 Å². The van der Waals surface area contributed by atoms with E-state index in [1.54, 1.807) is 12.1 Å². The number of aromatic nitrogens is 4. The molecule has 0 aliphatic heterocycles. The Labute approximate surface area is 114 Å². The fourth-order valence-electron chi connectivity index (χ4n) is 1.52. The van der Waals surface area contributed by atoms with Crippen molar-refractivity contribution in [2.24, 2.45) is 0 Å². The fraction of sp³-hybridized carbons (Fsp3) is 0.333. The highest BCUT2D eigenvalue weighted by Gasteiger charge is 2.09. The van der Waals surface area contributed by atoms with Crippen LogP contribution >= 0.6 is 0 Å². The molecule has 0 bridgehead atoms. The third-order valence-electron chi connectivity index (χ3n) is 2.49. The van der Waals surface area contributed by atoms with Gasteiger partial charge in [-0.3, -0.25) is 4.79 Å². The average Bonchev–Trinajstić information content (AvgIpc) is 2.92. The molecular weight excluding hydrogens is 265 g/mol. The summed E-state index contributed by atoms with van der Waals surface area (Å²) in [7, 11) is 0. The van der Waals surface area contributed by atoms with E-state index >= 15 is 0 Å². The van der Waals surface area contributed by atoms with Crippen LogP contribution < -0.4 is 5.32 Å². The Balaban J connectivity index is 2.02. The zero-order chi connectivity index (χ0) is 14.4. The largest absolute Gasteiger partial charge is 0.372 e. The lowest BCUT2D eigenvalue weighted by atomic mass is 10.3. The van der Waals surface area contributed by atoms with Gasteiger partial charge in [0.2, 0.25) is 5.91 Å². The highest BCUT2D eigenvalue weighted by molar-refractivity contribution is 5.77. The van der Waals surface area contributed by atoms with Crippen molar-refractivity contribution < 1.29 is 13.9 Å². The van der Waals surface area contributed by atoms with E-state index in [1.165, 1.54) is 16.8 Å². The van der Waals surface area contributed by atoms with Gasteiger partial charge in [0.05, 0.1) is 12.2 Å². The van der Waals surface area contributed by atoms with E-state index in [2.05, 4.69) is 20.8 Å². The van der Waals surface area contributed by atoms with Crippen LogP contribution in [0.1, 0.15) is 12.7 Å². The van der Waals surface area contributed by atoms with Crippen molar-refractivity contribution >= 4 is 5.91 Å². The third kappa shape index (κ3) is 3.58. The van der Waals surface area contributed by atoms with Gasteiger partial charge in [0, 0.05) is 6.61 Å². The van der Waals surface area contributed by atoms with E-state index in [0.29, 0.717) is 18.1 Å². The van der Waals surface area contributed by atoms with Crippen LogP contribution in [-0.2, 0) is 16.1 Å². The Morgan fingerprint density at radius 3 is 2.85 bits per heavy atom. The van der Waals surface area contributed by atoms with Gasteiger partial charge >= 0.3 is 0 Å². The van der Waals surface area contributed by atoms with Crippen molar-refractivity contribution in [3.63, 3.8) is 0 Å². The van der Waals surface area contributed by atoms with Crippen molar-refractivity contribution in [1.82, 2.24) is 25.5 Å². The van der Waals surface area contributed by atoms with Gasteiger partial charge in [-0.2, -0.15) is 4.68 Å². The molecule has 2 rings (SSSR count). The first kappa shape index (κ1) is 14.1. The average molecular weight is 279 g/mol. The molecule has 0 saturated heterocycles. The number of nitrogens with zero attached hydrogens (tertiary/aromatic N) is 4. The van der Waals surface area contributed by atoms with Gasteiger partial charge in [-0.1, -0.05) is 0 Å². The molecule has 7 nitrogen and oxygen atoms in total. The Hall–Kier alpha value is -2.35. The molecule has 0 atom stereocenters. The number of benzene rings is 1. The lowest BCUT2D eigenvalue weighted by molar-refractivity contribution is -0.125. The molecule has 0 saturated carbocycles. The molecule has 106 valence electrons. The number of nitrogens with one attached hydrogen (secondary N) is 1. The number of carbonyl (C=O) groups is 1. The van der Waals surface area contributed by atoms with Gasteiger partial charge in [-0.15, -0.1) is 5.10 Å². The van der Waals surface area contributed by atoms with Crippen LogP contribution in [0.2, 0.25) is 0 Å². The normalized spacial score (nSPS) is 10.5. The van der Waals surface area contributed by atoms with Gasteiger partial charge in [-0.05, 0) is 41.6 Å². The molecule has 0 spiro atoms. The molecule has 0 aliphatic rings. The summed E-state index contributed by atoms with van der Waals surface area (Å²) in [6.45, 7) is 2.44. The van der Waals surface area contributed by atoms with Crippen LogP contribution in [0.5, 0.6) is 0 Å². The summed E-state index contributed by atoms with van der Waals surface area (Å²) >= 11 is 0. The number of hydrogen-bond acceptors (Lipinski definition) is 5. The number of halogens is 1. The predicted molar refractivity (Wildman–Crippen MR) is 67.5 cm³/mol. The number of carbonyl (C=O) groups excluding carboxylic acids is 1. The Bertz CT molecular complexity index is 569. The zero-order valence-electron chi connectivity index (χ0n) is 10.9. The topological polar surface area (TPSA) is 81.9 Å². The molecule has 1 amide bonds. The van der Waals surface area contributed by atoms with E-state index in [9.17, 15) is 9.18 Å². The fourth-order valence-corrected chi connectivity index (χ4v) is 1.52. The summed E-state index contributed by atoms with van der Waals surface area (Å²) in [5.41, 5.74) is 0.616. The van der Waals surface area contributed by atoms with E-state index in [-0.39, 0.29) is 24.9 Å². The lowest BCUT2D eigenvalue weighted by Crippen LogP contribution is -2.28. The second kappa shape index (κ2) is 6.71. The van der Waals surface area contributed by atoms with Crippen molar-refractivity contribution in [3.8, 4) is 5.69 Å². The molecule has 1 heterocycles. The van der Waals surface area contributed by atoms with Crippen LogP contribution in [0.15, 0.2) is 24.3 Å². The van der Waals surface area contributed by atoms with Crippen molar-refractivity contribution in [3.05, 3.63) is 35.9 Å². The minimum absolute atomic E-state index is 0.00534. The van der Waals surface area contributed by atoms with Gasteiger partial charge < -0.3 is 10.1 Å². The van der Waals surface area contributed by atoms with Crippen LogP contribution in [0, 0.1) is 5.82 Å². The first-order valence-corrected chi connectivity index (χ1v) is 6.08. The summed E-state index contributed by atoms with van der Waals surface area (Å²) in [5.74, 6) is -0.143. The monoisotopic (exact) mass is 279 g/mol. The maximum absolute atomic E-state index is 12.9. The van der Waals surface area contributed by atoms with Crippen molar-refractivity contribution in [1.29, 1.82) is 0 Å². The summed E-state index contributed by atoms with van der Waals surface area (Å²) in [4.78, 5) is 11.4. The molecule has 1 aromatic carbocycles. The molecule has 20 heavy (non-hydrogen) atoms. The molecule has 0 fully saturated rings. The maximum Gasteiger partial charge on any atom is 0.246 e. The van der Waals surface area contributed by atoms with Crippen LogP contribution in [0.4, 0.5) is 4.39 Å². The quantitative estimate of drug-likeness (QED) is 0.830. The minimum atomic E-state index is -0.339. The van der Waals surface area contributed by atoms with Gasteiger partial charge in [0.15, 0.2) is 5.82 Å². The van der Waals surface area contributed by atoms with E-state index in [1.807, 2.05) is 6.92 Å². The Morgan fingerprint density at radius 1 is 1.40 bits per heavy atom. The van der Waals surface area contributed by atoms with E-state index in [4.69, 9.17) is 4.74 Å². The first-order chi connectivity index (χ1) is 9.70. The second-order valence-corrected chi connectivity index (χ2v) is 3.90. The van der Waals surface area contributed by atoms with E-state index in [0.717, 1.165) is 0 Å². The molecule has 1 N–H and O–H groups in total. The number of hydrogen-bond donors (Lipinski definition) is 1. The predicted octanol–water partition coefficient (Wildman–Crippen LogP) is 0.454. The Morgan fingerprint density at radius 2 is 2.15 bits per heavy atom. The summed E-state index contributed by atoms with van der Waals surface area (Å²) < 4.78 is 19.3. The number of ether oxygens (including phenoxy) is 1. The molecule has 1 aromatic heterocycles. The van der Waals surface area contributed by atoms with Crippen molar-refractivity contribution in [2.45, 2.75) is 13.5 Å².